The quantitative estimate of drug-likeness (QED) is 0.596. The van der Waals surface area contributed by atoms with E-state index in [0.717, 1.165) is 4.31 Å². The van der Waals surface area contributed by atoms with Gasteiger partial charge in [-0.3, -0.25) is 0 Å². The molecule has 3 rings (SSSR count). The summed E-state index contributed by atoms with van der Waals surface area (Å²) in [5.41, 5.74) is 1.33. The molecule has 0 atom stereocenters. The molecule has 0 radical (unpaired) electrons. The third kappa shape index (κ3) is 3.79. The maximum Gasteiger partial charge on any atom is 0.338 e. The molecule has 0 spiro atoms. The number of nitrogens with zero attached hydrogens (tertiary/aromatic N) is 2. The van der Waals surface area contributed by atoms with Crippen LogP contribution < -0.4 is 4.74 Å². The van der Waals surface area contributed by atoms with Crippen molar-refractivity contribution < 1.29 is 27.1 Å². The molecule has 27 heavy (non-hydrogen) atoms. The summed E-state index contributed by atoms with van der Waals surface area (Å²) in [4.78, 5) is 16.4. The summed E-state index contributed by atoms with van der Waals surface area (Å²) in [5, 5.41) is 0. The lowest BCUT2D eigenvalue weighted by Crippen LogP contribution is -2.23. The molecule has 0 bridgehead atoms. The summed E-state index contributed by atoms with van der Waals surface area (Å²) in [6, 6.07) is 11.2. The fourth-order valence-corrected chi connectivity index (χ4v) is 3.47. The zero-order valence-electron chi connectivity index (χ0n) is 15.0. The molecule has 142 valence electrons. The number of rotatable bonds is 6. The van der Waals surface area contributed by atoms with Crippen molar-refractivity contribution in [2.75, 3.05) is 21.2 Å². The summed E-state index contributed by atoms with van der Waals surface area (Å²) >= 11 is 0. The van der Waals surface area contributed by atoms with E-state index in [4.69, 9.17) is 13.9 Å². The number of sulfonamides is 1. The van der Waals surface area contributed by atoms with Crippen molar-refractivity contribution >= 4 is 27.1 Å². The van der Waals surface area contributed by atoms with Gasteiger partial charge in [0.05, 0.1) is 12.7 Å². The van der Waals surface area contributed by atoms with Gasteiger partial charge < -0.3 is 13.9 Å². The van der Waals surface area contributed by atoms with Gasteiger partial charge in [-0.15, -0.1) is 0 Å². The van der Waals surface area contributed by atoms with Crippen molar-refractivity contribution in [1.29, 1.82) is 0 Å². The van der Waals surface area contributed by atoms with Crippen LogP contribution in [-0.4, -0.2) is 44.9 Å². The Kier molecular flexibility index (Phi) is 5.15. The third-order valence-corrected chi connectivity index (χ3v) is 5.66. The van der Waals surface area contributed by atoms with Crippen molar-refractivity contribution in [2.45, 2.75) is 11.5 Å². The van der Waals surface area contributed by atoms with E-state index in [1.54, 1.807) is 12.1 Å². The maximum atomic E-state index is 12.4. The number of carbonyl (C=O) groups is 1. The summed E-state index contributed by atoms with van der Waals surface area (Å²) in [6.07, 6.45) is 0. The van der Waals surface area contributed by atoms with E-state index in [2.05, 4.69) is 4.98 Å². The summed E-state index contributed by atoms with van der Waals surface area (Å²) in [6.45, 7) is -0.171. The van der Waals surface area contributed by atoms with Gasteiger partial charge >= 0.3 is 5.97 Å². The van der Waals surface area contributed by atoms with Crippen LogP contribution in [0, 0.1) is 0 Å². The number of esters is 1. The smallest absolute Gasteiger partial charge is 0.338 e. The summed E-state index contributed by atoms with van der Waals surface area (Å²) < 4.78 is 41.7. The predicted octanol–water partition coefficient (Wildman–Crippen LogP) is 2.44. The van der Waals surface area contributed by atoms with Crippen molar-refractivity contribution in [3.63, 3.8) is 0 Å². The lowest BCUT2D eigenvalue weighted by atomic mass is 10.2. The molecule has 8 nitrogen and oxygen atoms in total. The molecule has 1 heterocycles. The lowest BCUT2D eigenvalue weighted by Gasteiger charge is -2.15. The Morgan fingerprint density at radius 2 is 1.93 bits per heavy atom. The van der Waals surface area contributed by atoms with Crippen LogP contribution in [0.5, 0.6) is 5.75 Å². The highest BCUT2D eigenvalue weighted by molar-refractivity contribution is 7.89. The molecule has 0 N–H and O–H groups in total. The van der Waals surface area contributed by atoms with Gasteiger partial charge in [-0.2, -0.15) is 0 Å². The van der Waals surface area contributed by atoms with Crippen molar-refractivity contribution in [3.05, 3.63) is 53.9 Å². The molecule has 0 fully saturated rings. The van der Waals surface area contributed by atoms with Gasteiger partial charge in [0.2, 0.25) is 15.9 Å². The monoisotopic (exact) mass is 390 g/mol. The largest absolute Gasteiger partial charge is 0.495 e. The van der Waals surface area contributed by atoms with Crippen LogP contribution in [0.25, 0.3) is 11.1 Å². The number of benzene rings is 2. The molecule has 0 amide bonds. The second-order valence-corrected chi connectivity index (χ2v) is 7.92. The molecule has 0 saturated heterocycles. The summed E-state index contributed by atoms with van der Waals surface area (Å²) in [5.74, 6) is -0.312. The van der Waals surface area contributed by atoms with Gasteiger partial charge in [0.15, 0.2) is 12.2 Å². The predicted molar refractivity (Wildman–Crippen MR) is 97.0 cm³/mol. The molecule has 2 aromatic carbocycles. The minimum Gasteiger partial charge on any atom is -0.495 e. The Bertz CT molecular complexity index is 1060. The van der Waals surface area contributed by atoms with Crippen molar-refractivity contribution in [3.8, 4) is 5.75 Å². The van der Waals surface area contributed by atoms with E-state index in [1.165, 1.54) is 39.4 Å². The average Bonchev–Trinajstić information content (AvgIpc) is 3.08. The Morgan fingerprint density at radius 1 is 1.19 bits per heavy atom. The highest BCUT2D eigenvalue weighted by Gasteiger charge is 2.24. The highest BCUT2D eigenvalue weighted by Crippen LogP contribution is 2.27. The molecule has 9 heteroatoms. The molecule has 0 unspecified atom stereocenters. The second-order valence-electron chi connectivity index (χ2n) is 5.80. The fourth-order valence-electron chi connectivity index (χ4n) is 2.39. The fraction of sp³-hybridized carbons (Fsp3) is 0.222. The first-order valence-electron chi connectivity index (χ1n) is 7.95. The van der Waals surface area contributed by atoms with E-state index < -0.39 is 16.0 Å². The molecule has 0 aliphatic carbocycles. The highest BCUT2D eigenvalue weighted by atomic mass is 32.2. The Balaban J connectivity index is 1.82. The molecular formula is C18H18N2O6S. The van der Waals surface area contributed by atoms with Gasteiger partial charge in [0, 0.05) is 14.1 Å². The minimum atomic E-state index is -3.79. The number of hydrogen-bond donors (Lipinski definition) is 0. The van der Waals surface area contributed by atoms with Gasteiger partial charge in [-0.25, -0.2) is 22.5 Å². The molecule has 0 aliphatic heterocycles. The standard InChI is InChI=1S/C18H18N2O6S/c1-20(2)27(22,23)16-10-12(8-9-15(16)24-3)18(21)25-11-17-19-13-6-4-5-7-14(13)26-17/h4-10H,11H2,1-3H3. The molecular weight excluding hydrogens is 372 g/mol. The molecule has 1 aromatic heterocycles. The van der Waals surface area contributed by atoms with E-state index in [1.807, 2.05) is 12.1 Å². The van der Waals surface area contributed by atoms with E-state index >= 15 is 0 Å². The third-order valence-electron chi connectivity index (χ3n) is 3.82. The van der Waals surface area contributed by atoms with E-state index in [0.29, 0.717) is 11.1 Å². The topological polar surface area (TPSA) is 98.9 Å². The number of oxazole rings is 1. The van der Waals surface area contributed by atoms with Crippen LogP contribution in [0.4, 0.5) is 0 Å². The molecule has 3 aromatic rings. The minimum absolute atomic E-state index is 0.0762. The maximum absolute atomic E-state index is 12.4. The number of para-hydroxylation sites is 2. The van der Waals surface area contributed by atoms with Gasteiger partial charge in [0.1, 0.15) is 16.2 Å². The van der Waals surface area contributed by atoms with Gasteiger partial charge in [-0.05, 0) is 30.3 Å². The van der Waals surface area contributed by atoms with Crippen LogP contribution in [0.15, 0.2) is 51.8 Å². The molecule has 0 saturated carbocycles. The summed E-state index contributed by atoms with van der Waals surface area (Å²) in [7, 11) is 0.358. The zero-order valence-corrected chi connectivity index (χ0v) is 15.8. The number of aromatic nitrogens is 1. The van der Waals surface area contributed by atoms with Crippen LogP contribution in [-0.2, 0) is 21.4 Å². The van der Waals surface area contributed by atoms with Gasteiger partial charge in [-0.1, -0.05) is 12.1 Å². The number of methoxy groups -OCH3 is 1. The Hall–Kier alpha value is -2.91. The zero-order chi connectivity index (χ0) is 19.6. The SMILES string of the molecule is COc1ccc(C(=O)OCc2nc3ccccc3o2)cc1S(=O)(=O)N(C)C. The van der Waals surface area contributed by atoms with E-state index in [9.17, 15) is 13.2 Å². The van der Waals surface area contributed by atoms with Crippen LogP contribution >= 0.6 is 0 Å². The lowest BCUT2D eigenvalue weighted by molar-refractivity contribution is 0.0440. The first-order chi connectivity index (χ1) is 12.8. The average molecular weight is 390 g/mol. The number of carbonyl (C=O) groups excluding carboxylic acids is 1. The first-order valence-corrected chi connectivity index (χ1v) is 9.39. The van der Waals surface area contributed by atoms with Crippen LogP contribution in [0.2, 0.25) is 0 Å². The number of fused-ring (bicyclic) bond motifs is 1. The van der Waals surface area contributed by atoms with Crippen molar-refractivity contribution in [2.24, 2.45) is 0 Å². The van der Waals surface area contributed by atoms with Gasteiger partial charge in [0.25, 0.3) is 0 Å². The number of hydrogen-bond acceptors (Lipinski definition) is 7. The molecule has 0 aliphatic rings. The Morgan fingerprint density at radius 3 is 2.59 bits per heavy atom. The normalized spacial score (nSPS) is 11.7. The van der Waals surface area contributed by atoms with Crippen LogP contribution in [0.1, 0.15) is 16.2 Å². The van der Waals surface area contributed by atoms with Crippen LogP contribution in [0.3, 0.4) is 0 Å². The first kappa shape index (κ1) is 18.9. The number of ether oxygens (including phenoxy) is 2. The van der Waals surface area contributed by atoms with E-state index in [-0.39, 0.29) is 28.7 Å². The second kappa shape index (κ2) is 7.37. The Labute approximate surface area is 156 Å². The van der Waals surface area contributed by atoms with Crippen molar-refractivity contribution in [1.82, 2.24) is 9.29 Å².